The Bertz CT molecular complexity index is 1270. The third kappa shape index (κ3) is 4.18. The molecule has 162 valence electrons. The van der Waals surface area contributed by atoms with Crippen molar-refractivity contribution in [3.05, 3.63) is 65.3 Å². The predicted octanol–water partition coefficient (Wildman–Crippen LogP) is 4.74. The second kappa shape index (κ2) is 8.63. The van der Waals surface area contributed by atoms with Crippen LogP contribution in [0.5, 0.6) is 0 Å². The minimum Gasteiger partial charge on any atom is -0.418 e. The molecule has 5 rings (SSSR count). The van der Waals surface area contributed by atoms with Crippen molar-refractivity contribution in [1.29, 1.82) is 0 Å². The third-order valence-electron chi connectivity index (χ3n) is 5.81. The van der Waals surface area contributed by atoms with E-state index in [9.17, 15) is 9.59 Å². The molecule has 0 saturated heterocycles. The zero-order valence-electron chi connectivity index (χ0n) is 17.6. The molecule has 0 unspecified atom stereocenters. The van der Waals surface area contributed by atoms with Crippen molar-refractivity contribution in [3.63, 3.8) is 0 Å². The fourth-order valence-corrected chi connectivity index (χ4v) is 5.12. The Hall–Kier alpha value is -3.39. The lowest BCUT2D eigenvalue weighted by Crippen LogP contribution is -2.35. The minimum atomic E-state index is -0.349. The molecular weight excluding hydrogens is 424 g/mol. The van der Waals surface area contributed by atoms with Crippen LogP contribution in [0, 0.1) is 0 Å². The second-order valence-corrected chi connectivity index (χ2v) is 9.12. The van der Waals surface area contributed by atoms with Crippen LogP contribution in [-0.4, -0.2) is 32.9 Å². The number of amides is 1. The van der Waals surface area contributed by atoms with Crippen molar-refractivity contribution in [2.75, 3.05) is 0 Å². The number of rotatable bonds is 5. The molecule has 8 heteroatoms. The maximum atomic E-state index is 12.9. The van der Waals surface area contributed by atoms with Gasteiger partial charge in [-0.25, -0.2) is 4.98 Å². The Morgan fingerprint density at radius 2 is 1.78 bits per heavy atom. The third-order valence-corrected chi connectivity index (χ3v) is 6.83. The van der Waals surface area contributed by atoms with Gasteiger partial charge in [-0.15, -0.1) is 21.5 Å². The van der Waals surface area contributed by atoms with Crippen molar-refractivity contribution in [2.24, 2.45) is 0 Å². The molecule has 0 atom stereocenters. The zero-order valence-corrected chi connectivity index (χ0v) is 18.4. The Balaban J connectivity index is 1.32. The predicted molar refractivity (Wildman–Crippen MR) is 122 cm³/mol. The van der Waals surface area contributed by atoms with Crippen LogP contribution in [0.1, 0.15) is 60.1 Å². The first-order valence-corrected chi connectivity index (χ1v) is 11.5. The fourth-order valence-electron chi connectivity index (χ4n) is 4.19. The summed E-state index contributed by atoms with van der Waals surface area (Å²) in [5, 5.41) is 11.4. The van der Waals surface area contributed by atoms with Gasteiger partial charge in [0.25, 0.3) is 11.7 Å². The summed E-state index contributed by atoms with van der Waals surface area (Å²) >= 11 is 1.33. The van der Waals surface area contributed by atoms with Gasteiger partial charge >= 0.3 is 0 Å². The van der Waals surface area contributed by atoms with Gasteiger partial charge in [-0.1, -0.05) is 36.4 Å². The number of carbonyl (C=O) groups excluding carboxylic acids is 2. The first-order chi connectivity index (χ1) is 15.6. The van der Waals surface area contributed by atoms with Crippen molar-refractivity contribution in [3.8, 4) is 11.1 Å². The number of aromatic nitrogens is 3. The topological polar surface area (TPSA) is 98.0 Å². The van der Waals surface area contributed by atoms with E-state index < -0.39 is 0 Å². The van der Waals surface area contributed by atoms with E-state index in [-0.39, 0.29) is 29.5 Å². The minimum absolute atomic E-state index is 0.00847. The van der Waals surface area contributed by atoms with E-state index in [0.717, 1.165) is 47.0 Å². The molecule has 0 aliphatic heterocycles. The smallest absolute Gasteiger partial charge is 0.291 e. The standard InChI is InChI=1S/C24H22N4O3S/c1-14(29)25-18-10-7-16(8-11-18)22-27-28-23(31-22)21(30)24-26-19-12-9-17(13-20(19)32-24)15-5-3-2-4-6-15/h2-6,9,12-13,16,18H,7-8,10-11H2,1H3,(H,25,29). The molecule has 1 saturated carbocycles. The fraction of sp³-hybridized carbons (Fsp3) is 0.292. The van der Waals surface area contributed by atoms with Crippen molar-refractivity contribution in [1.82, 2.24) is 20.5 Å². The molecule has 4 aromatic rings. The summed E-state index contributed by atoms with van der Waals surface area (Å²) < 4.78 is 6.69. The van der Waals surface area contributed by atoms with Crippen LogP contribution in [0.25, 0.3) is 21.3 Å². The van der Waals surface area contributed by atoms with Crippen LogP contribution >= 0.6 is 11.3 Å². The van der Waals surface area contributed by atoms with Gasteiger partial charge < -0.3 is 9.73 Å². The lowest BCUT2D eigenvalue weighted by molar-refractivity contribution is -0.119. The molecule has 32 heavy (non-hydrogen) atoms. The lowest BCUT2D eigenvalue weighted by atomic mass is 9.86. The van der Waals surface area contributed by atoms with Crippen LogP contribution in [0.4, 0.5) is 0 Å². The van der Waals surface area contributed by atoms with Gasteiger partial charge in [-0.3, -0.25) is 9.59 Å². The highest BCUT2D eigenvalue weighted by atomic mass is 32.1. The number of fused-ring (bicyclic) bond motifs is 1. The normalized spacial score (nSPS) is 18.5. The molecule has 1 N–H and O–H groups in total. The first kappa shape index (κ1) is 20.5. The van der Waals surface area contributed by atoms with Crippen molar-refractivity contribution in [2.45, 2.75) is 44.6 Å². The van der Waals surface area contributed by atoms with Crippen molar-refractivity contribution >= 4 is 33.2 Å². The Labute approximate surface area is 188 Å². The average molecular weight is 447 g/mol. The van der Waals surface area contributed by atoms with Crippen molar-refractivity contribution < 1.29 is 14.0 Å². The van der Waals surface area contributed by atoms with E-state index in [1.165, 1.54) is 18.3 Å². The number of nitrogens with zero attached hydrogens (tertiary/aromatic N) is 3. The Kier molecular flexibility index (Phi) is 5.53. The van der Waals surface area contributed by atoms with Crippen LogP contribution in [0.2, 0.25) is 0 Å². The molecule has 1 fully saturated rings. The van der Waals surface area contributed by atoms with E-state index >= 15 is 0 Å². The van der Waals surface area contributed by atoms with Crippen LogP contribution in [0.3, 0.4) is 0 Å². The molecular formula is C24H22N4O3S. The number of hydrogen-bond acceptors (Lipinski definition) is 7. The van der Waals surface area contributed by atoms with Gasteiger partial charge in [0.05, 0.1) is 10.2 Å². The summed E-state index contributed by atoms with van der Waals surface area (Å²) in [6.07, 6.45) is 3.39. The van der Waals surface area contributed by atoms with E-state index in [2.05, 4.69) is 32.6 Å². The number of benzene rings is 2. The Morgan fingerprint density at radius 1 is 1.00 bits per heavy atom. The molecule has 1 amide bonds. The van der Waals surface area contributed by atoms with Crippen LogP contribution in [0.15, 0.2) is 52.9 Å². The van der Waals surface area contributed by atoms with Gasteiger partial charge in [-0.2, -0.15) is 0 Å². The van der Waals surface area contributed by atoms with Gasteiger partial charge in [0, 0.05) is 18.9 Å². The Morgan fingerprint density at radius 3 is 2.53 bits per heavy atom. The molecule has 0 spiro atoms. The maximum Gasteiger partial charge on any atom is 0.291 e. The summed E-state index contributed by atoms with van der Waals surface area (Å²) in [5.41, 5.74) is 2.97. The summed E-state index contributed by atoms with van der Waals surface area (Å²) in [4.78, 5) is 28.7. The number of thiazole rings is 1. The molecule has 7 nitrogen and oxygen atoms in total. The van der Waals surface area contributed by atoms with E-state index in [1.807, 2.05) is 36.4 Å². The summed E-state index contributed by atoms with van der Waals surface area (Å²) in [5.74, 6) is 0.218. The van der Waals surface area contributed by atoms with Crippen LogP contribution < -0.4 is 5.32 Å². The molecule has 0 bridgehead atoms. The maximum absolute atomic E-state index is 12.9. The van der Waals surface area contributed by atoms with Gasteiger partial charge in [0.15, 0.2) is 5.01 Å². The van der Waals surface area contributed by atoms with Gasteiger partial charge in [0.1, 0.15) is 0 Å². The van der Waals surface area contributed by atoms with E-state index in [0.29, 0.717) is 10.9 Å². The molecule has 2 aromatic heterocycles. The molecule has 2 aromatic carbocycles. The van der Waals surface area contributed by atoms with Crippen LogP contribution in [-0.2, 0) is 4.79 Å². The highest BCUT2D eigenvalue weighted by Gasteiger charge is 2.28. The number of hydrogen-bond donors (Lipinski definition) is 1. The highest BCUT2D eigenvalue weighted by Crippen LogP contribution is 2.33. The largest absolute Gasteiger partial charge is 0.418 e. The summed E-state index contributed by atoms with van der Waals surface area (Å²) in [7, 11) is 0. The highest BCUT2D eigenvalue weighted by molar-refractivity contribution is 7.20. The quantitative estimate of drug-likeness (QED) is 0.445. The van der Waals surface area contributed by atoms with Gasteiger partial charge in [-0.05, 0) is 48.9 Å². The second-order valence-electron chi connectivity index (χ2n) is 8.09. The SMILES string of the molecule is CC(=O)NC1CCC(c2nnc(C(=O)c3nc4ccc(-c5ccccc5)cc4s3)o2)CC1. The molecule has 1 aliphatic rings. The van der Waals surface area contributed by atoms with Gasteiger partial charge in [0.2, 0.25) is 11.8 Å². The molecule has 2 heterocycles. The molecule has 1 aliphatic carbocycles. The van der Waals surface area contributed by atoms with E-state index in [1.54, 1.807) is 0 Å². The monoisotopic (exact) mass is 446 g/mol. The zero-order chi connectivity index (χ0) is 22.1. The van der Waals surface area contributed by atoms with E-state index in [4.69, 9.17) is 4.42 Å². The number of carbonyl (C=O) groups is 2. The lowest BCUT2D eigenvalue weighted by Gasteiger charge is -2.26. The first-order valence-electron chi connectivity index (χ1n) is 10.7. The number of ketones is 1. The molecule has 0 radical (unpaired) electrons. The summed E-state index contributed by atoms with van der Waals surface area (Å²) in [6, 6.07) is 16.3. The average Bonchev–Trinajstić information content (AvgIpc) is 3.46. The summed E-state index contributed by atoms with van der Waals surface area (Å²) in [6.45, 7) is 1.53. The number of nitrogens with one attached hydrogen (secondary N) is 1.